The summed E-state index contributed by atoms with van der Waals surface area (Å²) in [6.45, 7) is 2.73. The van der Waals surface area contributed by atoms with E-state index in [0.717, 1.165) is 54.3 Å². The van der Waals surface area contributed by atoms with Gasteiger partial charge in [-0.05, 0) is 94.6 Å². The fourth-order valence-corrected chi connectivity index (χ4v) is 6.95. The minimum atomic E-state index is -0.429. The number of aryl methyl sites for hydroxylation is 1. The first-order valence-corrected chi connectivity index (χ1v) is 13.3. The molecule has 1 saturated carbocycles. The van der Waals surface area contributed by atoms with Crippen LogP contribution >= 0.6 is 0 Å². The SMILES string of the molecule is Cc1ccc(C(=O)N2CCc3c([nH]c4ccccc34)C23CCC(c2cccc(F)c2)(N(C)C)CC3)cc1. The molecule has 3 aromatic carbocycles. The molecule has 190 valence electrons. The van der Waals surface area contributed by atoms with Crippen molar-refractivity contribution in [1.29, 1.82) is 0 Å². The minimum Gasteiger partial charge on any atom is -0.356 e. The number of halogens is 1. The van der Waals surface area contributed by atoms with Crippen LogP contribution in [0.3, 0.4) is 0 Å². The first kappa shape index (κ1) is 23.9. The molecule has 0 atom stereocenters. The minimum absolute atomic E-state index is 0.0902. The molecule has 0 saturated heterocycles. The number of nitrogens with zero attached hydrogens (tertiary/aromatic N) is 2. The number of hydrogen-bond donors (Lipinski definition) is 1. The largest absolute Gasteiger partial charge is 0.356 e. The quantitative estimate of drug-likeness (QED) is 0.351. The van der Waals surface area contributed by atoms with Crippen molar-refractivity contribution in [3.8, 4) is 0 Å². The van der Waals surface area contributed by atoms with Crippen LogP contribution in [0.5, 0.6) is 0 Å². The zero-order valence-corrected chi connectivity index (χ0v) is 21.9. The lowest BCUT2D eigenvalue weighted by molar-refractivity contribution is -0.0142. The van der Waals surface area contributed by atoms with Crippen molar-refractivity contribution in [2.45, 2.75) is 50.1 Å². The summed E-state index contributed by atoms with van der Waals surface area (Å²) < 4.78 is 14.3. The molecule has 6 rings (SSSR count). The molecule has 1 spiro atoms. The van der Waals surface area contributed by atoms with E-state index in [-0.39, 0.29) is 17.3 Å². The second-order valence-corrected chi connectivity index (χ2v) is 11.1. The molecule has 37 heavy (non-hydrogen) atoms. The van der Waals surface area contributed by atoms with E-state index in [0.29, 0.717) is 6.54 Å². The second-order valence-electron chi connectivity index (χ2n) is 11.1. The molecule has 0 unspecified atom stereocenters. The number of aromatic amines is 1. The van der Waals surface area contributed by atoms with Gasteiger partial charge in [0.2, 0.25) is 0 Å². The Morgan fingerprint density at radius 2 is 1.68 bits per heavy atom. The van der Waals surface area contributed by atoms with Crippen molar-refractivity contribution >= 4 is 16.8 Å². The van der Waals surface area contributed by atoms with Crippen LogP contribution in [0.2, 0.25) is 0 Å². The summed E-state index contributed by atoms with van der Waals surface area (Å²) in [7, 11) is 4.18. The van der Waals surface area contributed by atoms with Gasteiger partial charge in [-0.25, -0.2) is 4.39 Å². The molecule has 5 heteroatoms. The zero-order chi connectivity index (χ0) is 25.8. The van der Waals surface area contributed by atoms with E-state index >= 15 is 0 Å². The highest BCUT2D eigenvalue weighted by atomic mass is 19.1. The summed E-state index contributed by atoms with van der Waals surface area (Å²) in [5, 5.41) is 1.26. The first-order valence-electron chi connectivity index (χ1n) is 13.3. The molecule has 2 heterocycles. The topological polar surface area (TPSA) is 39.3 Å². The number of carbonyl (C=O) groups is 1. The van der Waals surface area contributed by atoms with Gasteiger partial charge in [-0.1, -0.05) is 48.0 Å². The first-order chi connectivity index (χ1) is 17.8. The van der Waals surface area contributed by atoms with E-state index in [4.69, 9.17) is 0 Å². The molecular formula is C32H34FN3O. The van der Waals surface area contributed by atoms with Gasteiger partial charge in [0.25, 0.3) is 5.91 Å². The number of amides is 1. The molecule has 4 nitrogen and oxygen atoms in total. The fourth-order valence-electron chi connectivity index (χ4n) is 6.95. The molecule has 2 aliphatic rings. The highest BCUT2D eigenvalue weighted by molar-refractivity contribution is 5.96. The van der Waals surface area contributed by atoms with Crippen molar-refractivity contribution in [1.82, 2.24) is 14.8 Å². The normalized spacial score (nSPS) is 23.5. The molecule has 1 fully saturated rings. The summed E-state index contributed by atoms with van der Waals surface area (Å²) in [6.07, 6.45) is 4.10. The lowest BCUT2D eigenvalue weighted by Crippen LogP contribution is -2.58. The van der Waals surface area contributed by atoms with Gasteiger partial charge in [-0.15, -0.1) is 0 Å². The number of benzene rings is 3. The maximum Gasteiger partial charge on any atom is 0.254 e. The van der Waals surface area contributed by atoms with Crippen LogP contribution in [0, 0.1) is 12.7 Å². The molecule has 1 N–H and O–H groups in total. The van der Waals surface area contributed by atoms with Crippen LogP contribution in [0.4, 0.5) is 4.39 Å². The van der Waals surface area contributed by atoms with Crippen LogP contribution < -0.4 is 0 Å². The van der Waals surface area contributed by atoms with Gasteiger partial charge in [0.15, 0.2) is 0 Å². The molecule has 0 bridgehead atoms. The van der Waals surface area contributed by atoms with Crippen LogP contribution in [0.25, 0.3) is 10.9 Å². The lowest BCUT2D eigenvalue weighted by atomic mass is 9.65. The predicted octanol–water partition coefficient (Wildman–Crippen LogP) is 6.54. The number of carbonyl (C=O) groups excluding carboxylic acids is 1. The second kappa shape index (κ2) is 8.84. The molecule has 1 amide bonds. The van der Waals surface area contributed by atoms with Gasteiger partial charge >= 0.3 is 0 Å². The number of para-hydroxylation sites is 1. The molecule has 0 radical (unpaired) electrons. The molecule has 1 aromatic heterocycles. The summed E-state index contributed by atoms with van der Waals surface area (Å²) in [5.74, 6) is -0.113. The third kappa shape index (κ3) is 3.71. The number of nitrogens with one attached hydrogen (secondary N) is 1. The maximum atomic E-state index is 14.3. The van der Waals surface area contributed by atoms with E-state index in [1.54, 1.807) is 6.07 Å². The Morgan fingerprint density at radius 3 is 2.38 bits per heavy atom. The Hall–Kier alpha value is -3.44. The standard InChI is InChI=1S/C32H34FN3O/c1-22-11-13-23(14-12-22)30(37)36-20-15-27-26-9-4-5-10-28(26)34-29(27)32(36)18-16-31(17-19-32,35(2)3)24-7-6-8-25(33)21-24/h4-14,21,34H,15-20H2,1-3H3. The van der Waals surface area contributed by atoms with Gasteiger partial charge in [0, 0.05) is 34.2 Å². The van der Waals surface area contributed by atoms with E-state index in [1.807, 2.05) is 43.3 Å². The van der Waals surface area contributed by atoms with Crippen molar-refractivity contribution in [2.75, 3.05) is 20.6 Å². The van der Waals surface area contributed by atoms with E-state index in [2.05, 4.69) is 53.1 Å². The van der Waals surface area contributed by atoms with Gasteiger partial charge in [0.05, 0.1) is 5.54 Å². The number of fused-ring (bicyclic) bond motifs is 4. The van der Waals surface area contributed by atoms with Gasteiger partial charge in [0.1, 0.15) is 5.82 Å². The fraction of sp³-hybridized carbons (Fsp3) is 0.344. The van der Waals surface area contributed by atoms with Crippen molar-refractivity contribution in [3.63, 3.8) is 0 Å². The Bertz CT molecular complexity index is 1460. The molecule has 4 aromatic rings. The van der Waals surface area contributed by atoms with Crippen molar-refractivity contribution in [2.24, 2.45) is 0 Å². The Labute approximate surface area is 218 Å². The third-order valence-electron chi connectivity index (χ3n) is 9.05. The third-order valence-corrected chi connectivity index (χ3v) is 9.05. The highest BCUT2D eigenvalue weighted by Crippen LogP contribution is 2.53. The molecule has 1 aliphatic heterocycles. The Morgan fingerprint density at radius 1 is 0.946 bits per heavy atom. The molecule has 1 aliphatic carbocycles. The van der Waals surface area contributed by atoms with E-state index < -0.39 is 5.54 Å². The smallest absolute Gasteiger partial charge is 0.254 e. The van der Waals surface area contributed by atoms with Crippen molar-refractivity contribution in [3.05, 3.63) is 107 Å². The number of H-pyrrole nitrogens is 1. The van der Waals surface area contributed by atoms with Gasteiger partial charge in [-0.3, -0.25) is 9.69 Å². The Kier molecular flexibility index (Phi) is 5.72. The number of aromatic nitrogens is 1. The van der Waals surface area contributed by atoms with E-state index in [9.17, 15) is 9.18 Å². The summed E-state index contributed by atoms with van der Waals surface area (Å²) in [6, 6.07) is 23.5. The average Bonchev–Trinajstić information content (AvgIpc) is 3.29. The van der Waals surface area contributed by atoms with Gasteiger partial charge in [-0.2, -0.15) is 0 Å². The lowest BCUT2D eigenvalue weighted by Gasteiger charge is -2.55. The average molecular weight is 496 g/mol. The number of hydrogen-bond acceptors (Lipinski definition) is 2. The zero-order valence-electron chi connectivity index (χ0n) is 21.9. The van der Waals surface area contributed by atoms with E-state index in [1.165, 1.54) is 22.7 Å². The maximum absolute atomic E-state index is 14.3. The van der Waals surface area contributed by atoms with Crippen LogP contribution in [-0.2, 0) is 17.5 Å². The van der Waals surface area contributed by atoms with Crippen LogP contribution in [0.1, 0.15) is 58.4 Å². The monoisotopic (exact) mass is 495 g/mol. The number of rotatable bonds is 3. The van der Waals surface area contributed by atoms with Crippen LogP contribution in [0.15, 0.2) is 72.8 Å². The molecular weight excluding hydrogens is 461 g/mol. The summed E-state index contributed by atoms with van der Waals surface area (Å²) in [4.78, 5) is 22.2. The van der Waals surface area contributed by atoms with Gasteiger partial charge < -0.3 is 9.88 Å². The van der Waals surface area contributed by atoms with Crippen LogP contribution in [-0.4, -0.2) is 41.3 Å². The Balaban J connectivity index is 1.46. The summed E-state index contributed by atoms with van der Waals surface area (Å²) in [5.41, 5.74) is 5.84. The highest BCUT2D eigenvalue weighted by Gasteiger charge is 2.53. The summed E-state index contributed by atoms with van der Waals surface area (Å²) >= 11 is 0. The predicted molar refractivity (Wildman–Crippen MR) is 146 cm³/mol. The van der Waals surface area contributed by atoms with Crippen molar-refractivity contribution < 1.29 is 9.18 Å².